The average Bonchev–Trinajstić information content (AvgIpc) is 2.68. The summed E-state index contributed by atoms with van der Waals surface area (Å²) in [6.07, 6.45) is 1.59. The molecule has 3 aromatic rings. The quantitative estimate of drug-likeness (QED) is 0.372. The second-order valence-corrected chi connectivity index (χ2v) is 8.21. The van der Waals surface area contributed by atoms with Crippen LogP contribution in [-0.4, -0.2) is 5.91 Å². The van der Waals surface area contributed by atoms with E-state index in [1.165, 1.54) is 0 Å². The van der Waals surface area contributed by atoms with E-state index in [-0.39, 0.29) is 5.57 Å². The molecular formula is C24H19ClN2OS. The van der Waals surface area contributed by atoms with E-state index in [2.05, 4.69) is 5.32 Å². The largest absolute Gasteiger partial charge is 0.321 e. The number of benzene rings is 3. The summed E-state index contributed by atoms with van der Waals surface area (Å²) in [5.41, 5.74) is 3.64. The Hall–Kier alpha value is -3.00. The second-order valence-electron chi connectivity index (χ2n) is 6.63. The molecule has 29 heavy (non-hydrogen) atoms. The highest BCUT2D eigenvalue weighted by atomic mass is 35.5. The highest BCUT2D eigenvalue weighted by Crippen LogP contribution is 2.29. The lowest BCUT2D eigenvalue weighted by Gasteiger charge is -2.07. The summed E-state index contributed by atoms with van der Waals surface area (Å²) in [6, 6.07) is 23.1. The molecule has 0 aliphatic carbocycles. The Morgan fingerprint density at radius 3 is 2.07 bits per heavy atom. The van der Waals surface area contributed by atoms with Gasteiger partial charge in [0.25, 0.3) is 5.91 Å². The smallest absolute Gasteiger partial charge is 0.266 e. The van der Waals surface area contributed by atoms with Crippen LogP contribution in [0.5, 0.6) is 0 Å². The van der Waals surface area contributed by atoms with Gasteiger partial charge < -0.3 is 5.32 Å². The number of carbonyl (C=O) groups is 1. The van der Waals surface area contributed by atoms with Gasteiger partial charge in [0.1, 0.15) is 11.6 Å². The number of aryl methyl sites for hydroxylation is 2. The summed E-state index contributed by atoms with van der Waals surface area (Å²) in [5, 5.41) is 12.9. The van der Waals surface area contributed by atoms with E-state index in [0.29, 0.717) is 10.7 Å². The predicted octanol–water partition coefficient (Wildman–Crippen LogP) is 6.65. The predicted molar refractivity (Wildman–Crippen MR) is 120 cm³/mol. The van der Waals surface area contributed by atoms with E-state index >= 15 is 0 Å². The molecule has 0 saturated heterocycles. The zero-order valence-corrected chi connectivity index (χ0v) is 17.6. The lowest BCUT2D eigenvalue weighted by Crippen LogP contribution is -2.13. The number of nitriles is 1. The van der Waals surface area contributed by atoms with Gasteiger partial charge in [0.2, 0.25) is 0 Å². The number of halogens is 1. The van der Waals surface area contributed by atoms with Gasteiger partial charge in [-0.15, -0.1) is 0 Å². The van der Waals surface area contributed by atoms with Crippen molar-refractivity contribution in [2.75, 3.05) is 5.32 Å². The first-order valence-corrected chi connectivity index (χ1v) is 10.2. The van der Waals surface area contributed by atoms with Gasteiger partial charge in [0, 0.05) is 20.5 Å². The molecule has 0 saturated carbocycles. The molecule has 0 unspecified atom stereocenters. The molecule has 3 nitrogen and oxygen atoms in total. The number of hydrogen-bond donors (Lipinski definition) is 1. The lowest BCUT2D eigenvalue weighted by molar-refractivity contribution is -0.112. The summed E-state index contributed by atoms with van der Waals surface area (Å²) < 4.78 is 0. The van der Waals surface area contributed by atoms with Crippen LogP contribution in [0.4, 0.5) is 5.69 Å². The molecule has 3 aromatic carbocycles. The Balaban J connectivity index is 1.72. The average molecular weight is 419 g/mol. The van der Waals surface area contributed by atoms with Crippen molar-refractivity contribution >= 4 is 41.0 Å². The van der Waals surface area contributed by atoms with Gasteiger partial charge in [0.05, 0.1) is 0 Å². The Bertz CT molecular complexity index is 1080. The van der Waals surface area contributed by atoms with Crippen LogP contribution >= 0.6 is 23.4 Å². The summed E-state index contributed by atoms with van der Waals surface area (Å²) >= 11 is 7.53. The molecule has 0 aromatic heterocycles. The van der Waals surface area contributed by atoms with Gasteiger partial charge in [-0.1, -0.05) is 41.6 Å². The number of amides is 1. The van der Waals surface area contributed by atoms with Crippen molar-refractivity contribution in [3.63, 3.8) is 0 Å². The third-order valence-corrected chi connectivity index (χ3v) is 5.35. The molecule has 1 amide bonds. The zero-order valence-electron chi connectivity index (χ0n) is 16.1. The fraction of sp³-hybridized carbons (Fsp3) is 0.0833. The standard InChI is InChI=1S/C24H19ClN2OS/c1-16-11-17(2)13-21(12-16)27-24(28)19(15-26)14-18-3-7-22(8-4-18)29-23-9-5-20(25)6-10-23/h3-14H,1-2H3,(H,27,28)/b19-14-. The summed E-state index contributed by atoms with van der Waals surface area (Å²) in [7, 11) is 0. The molecule has 0 aliphatic heterocycles. The number of hydrogen-bond acceptors (Lipinski definition) is 3. The van der Waals surface area contributed by atoms with Crippen LogP contribution in [0, 0.1) is 25.2 Å². The summed E-state index contributed by atoms with van der Waals surface area (Å²) in [5.74, 6) is -0.419. The molecule has 144 valence electrons. The lowest BCUT2D eigenvalue weighted by atomic mass is 10.1. The van der Waals surface area contributed by atoms with E-state index in [0.717, 1.165) is 26.5 Å². The fourth-order valence-corrected chi connectivity index (χ4v) is 3.77. The van der Waals surface area contributed by atoms with Crippen molar-refractivity contribution in [3.8, 4) is 6.07 Å². The summed E-state index contributed by atoms with van der Waals surface area (Å²) in [4.78, 5) is 14.6. The van der Waals surface area contributed by atoms with Gasteiger partial charge in [-0.05, 0) is 85.1 Å². The molecule has 0 spiro atoms. The third-order valence-electron chi connectivity index (χ3n) is 4.09. The monoisotopic (exact) mass is 418 g/mol. The molecule has 0 aliphatic rings. The maximum absolute atomic E-state index is 12.5. The molecule has 0 heterocycles. The Morgan fingerprint density at radius 2 is 1.52 bits per heavy atom. The minimum atomic E-state index is -0.419. The van der Waals surface area contributed by atoms with Crippen LogP contribution in [0.1, 0.15) is 16.7 Å². The van der Waals surface area contributed by atoms with E-state index in [1.807, 2.05) is 86.6 Å². The van der Waals surface area contributed by atoms with E-state index in [4.69, 9.17) is 11.6 Å². The first-order chi connectivity index (χ1) is 13.9. The van der Waals surface area contributed by atoms with E-state index < -0.39 is 5.91 Å². The van der Waals surface area contributed by atoms with Crippen molar-refractivity contribution in [2.45, 2.75) is 23.6 Å². The van der Waals surface area contributed by atoms with Gasteiger partial charge in [0.15, 0.2) is 0 Å². The number of rotatable bonds is 5. The first-order valence-electron chi connectivity index (χ1n) is 8.98. The topological polar surface area (TPSA) is 52.9 Å². The second kappa shape index (κ2) is 9.47. The first kappa shape index (κ1) is 20.7. The molecule has 0 radical (unpaired) electrons. The zero-order chi connectivity index (χ0) is 20.8. The van der Waals surface area contributed by atoms with Crippen LogP contribution in [0.15, 0.2) is 82.1 Å². The Labute approximate surface area is 180 Å². The SMILES string of the molecule is Cc1cc(C)cc(NC(=O)/C(C#N)=C\c2ccc(Sc3ccc(Cl)cc3)cc2)c1. The van der Waals surface area contributed by atoms with Crippen LogP contribution in [-0.2, 0) is 4.79 Å². The number of anilines is 1. The fourth-order valence-electron chi connectivity index (χ4n) is 2.83. The van der Waals surface area contributed by atoms with Crippen molar-refractivity contribution in [1.29, 1.82) is 5.26 Å². The summed E-state index contributed by atoms with van der Waals surface area (Å²) in [6.45, 7) is 3.93. The normalized spacial score (nSPS) is 11.0. The van der Waals surface area contributed by atoms with Crippen molar-refractivity contribution in [3.05, 3.63) is 94.0 Å². The Kier molecular flexibility index (Phi) is 6.77. The minimum Gasteiger partial charge on any atom is -0.321 e. The Morgan fingerprint density at radius 1 is 0.966 bits per heavy atom. The van der Waals surface area contributed by atoms with Crippen LogP contribution in [0.3, 0.4) is 0 Å². The van der Waals surface area contributed by atoms with Crippen LogP contribution in [0.25, 0.3) is 6.08 Å². The number of nitrogens with one attached hydrogen (secondary N) is 1. The van der Waals surface area contributed by atoms with E-state index in [1.54, 1.807) is 17.8 Å². The molecule has 0 atom stereocenters. The van der Waals surface area contributed by atoms with Crippen LogP contribution < -0.4 is 5.32 Å². The molecule has 0 bridgehead atoms. The number of carbonyl (C=O) groups excluding carboxylic acids is 1. The van der Waals surface area contributed by atoms with Crippen molar-refractivity contribution in [2.24, 2.45) is 0 Å². The number of nitrogens with zero attached hydrogens (tertiary/aromatic N) is 1. The molecule has 5 heteroatoms. The van der Waals surface area contributed by atoms with Gasteiger partial charge in [-0.3, -0.25) is 4.79 Å². The molecule has 0 fully saturated rings. The van der Waals surface area contributed by atoms with Gasteiger partial charge in [-0.2, -0.15) is 5.26 Å². The van der Waals surface area contributed by atoms with E-state index in [9.17, 15) is 10.1 Å². The molecule has 1 N–H and O–H groups in total. The highest BCUT2D eigenvalue weighted by molar-refractivity contribution is 7.99. The van der Waals surface area contributed by atoms with Gasteiger partial charge >= 0.3 is 0 Å². The molecular weight excluding hydrogens is 400 g/mol. The maximum Gasteiger partial charge on any atom is 0.266 e. The van der Waals surface area contributed by atoms with Crippen molar-refractivity contribution < 1.29 is 4.79 Å². The van der Waals surface area contributed by atoms with Crippen LogP contribution in [0.2, 0.25) is 5.02 Å². The van der Waals surface area contributed by atoms with Crippen molar-refractivity contribution in [1.82, 2.24) is 0 Å². The minimum absolute atomic E-state index is 0.0577. The maximum atomic E-state index is 12.5. The highest BCUT2D eigenvalue weighted by Gasteiger charge is 2.10. The van der Waals surface area contributed by atoms with Gasteiger partial charge in [-0.25, -0.2) is 0 Å². The molecule has 3 rings (SSSR count). The third kappa shape index (κ3) is 5.99.